The summed E-state index contributed by atoms with van der Waals surface area (Å²) in [6.07, 6.45) is 3.86. The quantitative estimate of drug-likeness (QED) is 0.820. The van der Waals surface area contributed by atoms with Crippen molar-refractivity contribution in [1.82, 2.24) is 20.0 Å². The lowest BCUT2D eigenvalue weighted by Gasteiger charge is -2.18. The lowest BCUT2D eigenvalue weighted by Crippen LogP contribution is -2.37. The Kier molecular flexibility index (Phi) is 6.18. The number of unbranched alkanes of at least 4 members (excludes halogenated alkanes) is 1. The van der Waals surface area contributed by atoms with E-state index in [-0.39, 0.29) is 6.03 Å². The number of nitrogens with zero attached hydrogens (tertiary/aromatic N) is 3. The van der Waals surface area contributed by atoms with Crippen LogP contribution in [0.15, 0.2) is 10.7 Å². The second kappa shape index (κ2) is 7.41. The molecular formula is C12H21BrN4O. The van der Waals surface area contributed by atoms with Gasteiger partial charge in [-0.2, -0.15) is 5.10 Å². The van der Waals surface area contributed by atoms with Crippen molar-refractivity contribution in [3.8, 4) is 0 Å². The molecule has 6 heteroatoms. The van der Waals surface area contributed by atoms with E-state index in [1.54, 1.807) is 18.1 Å². The van der Waals surface area contributed by atoms with E-state index in [1.165, 1.54) is 0 Å². The Morgan fingerprint density at radius 1 is 1.56 bits per heavy atom. The van der Waals surface area contributed by atoms with E-state index >= 15 is 0 Å². The smallest absolute Gasteiger partial charge is 0.317 e. The number of amides is 2. The van der Waals surface area contributed by atoms with Crippen LogP contribution in [0.1, 0.15) is 32.4 Å². The van der Waals surface area contributed by atoms with Crippen LogP contribution in [0, 0.1) is 0 Å². The van der Waals surface area contributed by atoms with Crippen LogP contribution in [-0.4, -0.2) is 34.3 Å². The molecule has 1 rings (SSSR count). The molecule has 1 aromatic heterocycles. The first kappa shape index (κ1) is 15.0. The first-order valence-electron chi connectivity index (χ1n) is 6.29. The van der Waals surface area contributed by atoms with Gasteiger partial charge in [0.05, 0.1) is 22.9 Å². The van der Waals surface area contributed by atoms with E-state index in [0.29, 0.717) is 6.54 Å². The fourth-order valence-electron chi connectivity index (χ4n) is 1.62. The summed E-state index contributed by atoms with van der Waals surface area (Å²) in [4.78, 5) is 13.5. The molecule has 0 unspecified atom stereocenters. The largest absolute Gasteiger partial charge is 0.338 e. The molecule has 18 heavy (non-hydrogen) atoms. The molecule has 0 saturated heterocycles. The average Bonchev–Trinajstić information content (AvgIpc) is 2.70. The highest BCUT2D eigenvalue weighted by Crippen LogP contribution is 2.17. The van der Waals surface area contributed by atoms with Crippen LogP contribution in [0.3, 0.4) is 0 Å². The minimum absolute atomic E-state index is 0.0424. The Balaban J connectivity index is 2.55. The summed E-state index contributed by atoms with van der Waals surface area (Å²) in [5.41, 5.74) is 1.02. The van der Waals surface area contributed by atoms with E-state index in [2.05, 4.69) is 33.3 Å². The van der Waals surface area contributed by atoms with Gasteiger partial charge in [-0.05, 0) is 29.3 Å². The van der Waals surface area contributed by atoms with Crippen LogP contribution in [0.25, 0.3) is 0 Å². The molecule has 1 heterocycles. The van der Waals surface area contributed by atoms with Gasteiger partial charge >= 0.3 is 6.03 Å². The van der Waals surface area contributed by atoms with Gasteiger partial charge in [0.2, 0.25) is 0 Å². The van der Waals surface area contributed by atoms with Crippen LogP contribution in [0.2, 0.25) is 0 Å². The van der Waals surface area contributed by atoms with Gasteiger partial charge in [0, 0.05) is 20.1 Å². The van der Waals surface area contributed by atoms with Gasteiger partial charge < -0.3 is 10.2 Å². The van der Waals surface area contributed by atoms with Gasteiger partial charge in [-0.15, -0.1) is 0 Å². The Bertz CT molecular complexity index is 391. The number of carbonyl (C=O) groups excluding carboxylic acids is 1. The fourth-order valence-corrected chi connectivity index (χ4v) is 2.04. The molecule has 0 saturated carbocycles. The molecule has 1 aromatic rings. The molecule has 0 aliphatic carbocycles. The summed E-state index contributed by atoms with van der Waals surface area (Å²) in [5.74, 6) is 0. The van der Waals surface area contributed by atoms with Gasteiger partial charge in [0.1, 0.15) is 0 Å². The molecule has 0 spiro atoms. The Morgan fingerprint density at radius 3 is 2.89 bits per heavy atom. The van der Waals surface area contributed by atoms with Crippen LogP contribution in [0.4, 0.5) is 4.79 Å². The highest BCUT2D eigenvalue weighted by atomic mass is 79.9. The third-order valence-electron chi connectivity index (χ3n) is 2.74. The lowest BCUT2D eigenvalue weighted by molar-refractivity contribution is 0.205. The first-order valence-corrected chi connectivity index (χ1v) is 7.08. The fraction of sp³-hybridized carbons (Fsp3) is 0.667. The van der Waals surface area contributed by atoms with E-state index in [4.69, 9.17) is 0 Å². The number of urea groups is 1. The standard InChI is InChI=1S/C12H21BrN4O/c1-4-6-7-14-12(18)16(3)9-11-10(13)8-15-17(11)5-2/h8H,4-7,9H2,1-3H3,(H,14,18). The molecule has 5 nitrogen and oxygen atoms in total. The molecule has 2 amide bonds. The van der Waals surface area contributed by atoms with E-state index in [9.17, 15) is 4.79 Å². The van der Waals surface area contributed by atoms with Crippen molar-refractivity contribution in [1.29, 1.82) is 0 Å². The zero-order chi connectivity index (χ0) is 13.5. The van der Waals surface area contributed by atoms with Crippen molar-refractivity contribution in [2.45, 2.75) is 39.8 Å². The Labute approximate surface area is 117 Å². The number of rotatable bonds is 6. The number of hydrogen-bond donors (Lipinski definition) is 1. The van der Waals surface area contributed by atoms with Gasteiger partial charge in [-0.1, -0.05) is 13.3 Å². The van der Waals surface area contributed by atoms with Crippen molar-refractivity contribution < 1.29 is 4.79 Å². The summed E-state index contributed by atoms with van der Waals surface area (Å²) >= 11 is 3.46. The van der Waals surface area contributed by atoms with Crippen molar-refractivity contribution in [3.05, 3.63) is 16.4 Å². The molecule has 0 radical (unpaired) electrons. The number of halogens is 1. The third-order valence-corrected chi connectivity index (χ3v) is 3.40. The number of hydrogen-bond acceptors (Lipinski definition) is 2. The summed E-state index contributed by atoms with van der Waals surface area (Å²) in [5, 5.41) is 7.13. The highest BCUT2D eigenvalue weighted by Gasteiger charge is 2.14. The minimum atomic E-state index is -0.0424. The molecule has 0 fully saturated rings. The lowest BCUT2D eigenvalue weighted by atomic mass is 10.3. The zero-order valence-corrected chi connectivity index (χ0v) is 12.8. The van der Waals surface area contributed by atoms with Gasteiger partial charge in [0.15, 0.2) is 0 Å². The van der Waals surface area contributed by atoms with Crippen molar-refractivity contribution >= 4 is 22.0 Å². The maximum Gasteiger partial charge on any atom is 0.317 e. The number of aryl methyl sites for hydroxylation is 1. The maximum atomic E-state index is 11.8. The molecule has 0 bridgehead atoms. The van der Waals surface area contributed by atoms with Crippen LogP contribution < -0.4 is 5.32 Å². The first-order chi connectivity index (χ1) is 8.60. The summed E-state index contributed by atoms with van der Waals surface area (Å²) in [6, 6.07) is -0.0424. The van der Waals surface area contributed by atoms with E-state index in [0.717, 1.165) is 36.1 Å². The van der Waals surface area contributed by atoms with E-state index in [1.807, 2.05) is 11.6 Å². The van der Waals surface area contributed by atoms with Crippen LogP contribution >= 0.6 is 15.9 Å². The SMILES string of the molecule is CCCCNC(=O)N(C)Cc1c(Br)cnn1CC. The maximum absolute atomic E-state index is 11.8. The second-order valence-corrected chi connectivity index (χ2v) is 5.05. The molecule has 0 aliphatic heterocycles. The molecule has 102 valence electrons. The van der Waals surface area contributed by atoms with Crippen molar-refractivity contribution in [2.24, 2.45) is 0 Å². The van der Waals surface area contributed by atoms with Crippen molar-refractivity contribution in [2.75, 3.05) is 13.6 Å². The summed E-state index contributed by atoms with van der Waals surface area (Å²) in [6.45, 7) is 6.21. The highest BCUT2D eigenvalue weighted by molar-refractivity contribution is 9.10. The monoisotopic (exact) mass is 316 g/mol. The third kappa shape index (κ3) is 4.01. The minimum Gasteiger partial charge on any atom is -0.338 e. The topological polar surface area (TPSA) is 50.2 Å². The predicted octanol–water partition coefficient (Wildman–Crippen LogP) is 2.61. The predicted molar refractivity (Wildman–Crippen MR) is 75.4 cm³/mol. The molecule has 0 atom stereocenters. The number of carbonyl (C=O) groups is 1. The second-order valence-electron chi connectivity index (χ2n) is 4.20. The zero-order valence-electron chi connectivity index (χ0n) is 11.2. The molecule has 0 aromatic carbocycles. The normalized spacial score (nSPS) is 10.4. The van der Waals surface area contributed by atoms with Gasteiger partial charge in [-0.25, -0.2) is 4.79 Å². The summed E-state index contributed by atoms with van der Waals surface area (Å²) in [7, 11) is 1.79. The number of nitrogens with one attached hydrogen (secondary N) is 1. The summed E-state index contributed by atoms with van der Waals surface area (Å²) < 4.78 is 2.83. The number of aromatic nitrogens is 2. The molecular weight excluding hydrogens is 296 g/mol. The molecule has 0 aliphatic rings. The van der Waals surface area contributed by atoms with Gasteiger partial charge in [0.25, 0.3) is 0 Å². The Hall–Kier alpha value is -1.04. The average molecular weight is 317 g/mol. The van der Waals surface area contributed by atoms with Crippen LogP contribution in [0.5, 0.6) is 0 Å². The Morgan fingerprint density at radius 2 is 2.28 bits per heavy atom. The molecule has 1 N–H and O–H groups in total. The van der Waals surface area contributed by atoms with E-state index < -0.39 is 0 Å². The van der Waals surface area contributed by atoms with Gasteiger partial charge in [-0.3, -0.25) is 4.68 Å². The van der Waals surface area contributed by atoms with Crippen molar-refractivity contribution in [3.63, 3.8) is 0 Å². The van der Waals surface area contributed by atoms with Crippen LogP contribution in [-0.2, 0) is 13.1 Å².